The number of amides is 1. The summed E-state index contributed by atoms with van der Waals surface area (Å²) in [6.45, 7) is 9.61. The minimum atomic E-state index is -0.487. The summed E-state index contributed by atoms with van der Waals surface area (Å²) in [7, 11) is 3.47. The Labute approximate surface area is 110 Å². The van der Waals surface area contributed by atoms with Crippen molar-refractivity contribution in [2.45, 2.75) is 46.4 Å². The van der Waals surface area contributed by atoms with Crippen molar-refractivity contribution < 1.29 is 9.53 Å². The fourth-order valence-electron chi connectivity index (χ4n) is 1.14. The van der Waals surface area contributed by atoms with E-state index in [1.165, 1.54) is 4.90 Å². The standard InChI is InChI=1S/C12H26N4O2/c1-9(14-16(7)10(2)13)8-15(6)11(17)18-12(3,4)5/h10H,8,13H2,1-7H3/b14-9+. The predicted octanol–water partition coefficient (Wildman–Crippen LogP) is 1.47. The Morgan fingerprint density at radius 1 is 1.39 bits per heavy atom. The Balaban J connectivity index is 4.39. The van der Waals surface area contributed by atoms with Crippen molar-refractivity contribution in [1.29, 1.82) is 0 Å². The average molecular weight is 258 g/mol. The molecule has 0 aromatic carbocycles. The fourth-order valence-corrected chi connectivity index (χ4v) is 1.14. The van der Waals surface area contributed by atoms with Crippen molar-refractivity contribution in [3.63, 3.8) is 0 Å². The van der Waals surface area contributed by atoms with E-state index in [0.717, 1.165) is 5.71 Å². The molecule has 0 bridgehead atoms. The molecular weight excluding hydrogens is 232 g/mol. The van der Waals surface area contributed by atoms with Crippen LogP contribution in [0.4, 0.5) is 4.79 Å². The molecule has 0 fully saturated rings. The van der Waals surface area contributed by atoms with Crippen LogP contribution in [0.5, 0.6) is 0 Å². The largest absolute Gasteiger partial charge is 0.444 e. The van der Waals surface area contributed by atoms with E-state index < -0.39 is 5.60 Å². The maximum Gasteiger partial charge on any atom is 0.410 e. The highest BCUT2D eigenvalue weighted by Crippen LogP contribution is 2.09. The average Bonchev–Trinajstić information content (AvgIpc) is 2.14. The lowest BCUT2D eigenvalue weighted by Gasteiger charge is -2.25. The summed E-state index contributed by atoms with van der Waals surface area (Å²) in [5, 5.41) is 5.92. The molecule has 0 rings (SSSR count). The summed E-state index contributed by atoms with van der Waals surface area (Å²) in [4.78, 5) is 13.2. The highest BCUT2D eigenvalue weighted by Gasteiger charge is 2.19. The second-order valence-corrected chi connectivity index (χ2v) is 5.49. The normalized spacial score (nSPS) is 14.1. The van der Waals surface area contributed by atoms with E-state index in [1.54, 1.807) is 19.1 Å². The summed E-state index contributed by atoms with van der Waals surface area (Å²) in [5.41, 5.74) is 5.98. The SMILES string of the molecule is C/C(CN(C)C(=O)OC(C)(C)C)=N\N(C)C(C)N. The Morgan fingerprint density at radius 3 is 2.28 bits per heavy atom. The zero-order valence-electron chi connectivity index (χ0n) is 12.5. The van der Waals surface area contributed by atoms with Crippen LogP contribution in [0.3, 0.4) is 0 Å². The number of hydrogen-bond acceptors (Lipinski definition) is 5. The van der Waals surface area contributed by atoms with E-state index in [-0.39, 0.29) is 12.3 Å². The molecule has 2 N–H and O–H groups in total. The van der Waals surface area contributed by atoms with Gasteiger partial charge in [-0.3, -0.25) is 5.01 Å². The van der Waals surface area contributed by atoms with Gasteiger partial charge in [-0.05, 0) is 34.6 Å². The number of hydrazone groups is 1. The molecule has 6 nitrogen and oxygen atoms in total. The first-order valence-electron chi connectivity index (χ1n) is 5.99. The molecule has 18 heavy (non-hydrogen) atoms. The Hall–Kier alpha value is -1.30. The fraction of sp³-hybridized carbons (Fsp3) is 0.833. The van der Waals surface area contributed by atoms with E-state index in [1.807, 2.05) is 34.6 Å². The number of carbonyl (C=O) groups is 1. The van der Waals surface area contributed by atoms with Gasteiger partial charge in [-0.15, -0.1) is 0 Å². The molecule has 106 valence electrons. The smallest absolute Gasteiger partial charge is 0.410 e. The van der Waals surface area contributed by atoms with Crippen molar-refractivity contribution in [1.82, 2.24) is 9.91 Å². The van der Waals surface area contributed by atoms with E-state index in [9.17, 15) is 4.79 Å². The molecule has 1 atom stereocenters. The summed E-state index contributed by atoms with van der Waals surface area (Å²) in [6.07, 6.45) is -0.521. The van der Waals surface area contributed by atoms with E-state index >= 15 is 0 Å². The van der Waals surface area contributed by atoms with Crippen LogP contribution >= 0.6 is 0 Å². The third kappa shape index (κ3) is 7.11. The van der Waals surface area contributed by atoms with Gasteiger partial charge in [0.2, 0.25) is 0 Å². The van der Waals surface area contributed by atoms with Gasteiger partial charge in [0, 0.05) is 14.1 Å². The molecule has 0 radical (unpaired) electrons. The zero-order valence-corrected chi connectivity index (χ0v) is 12.5. The molecule has 0 aliphatic carbocycles. The summed E-state index contributed by atoms with van der Waals surface area (Å²) >= 11 is 0. The minimum Gasteiger partial charge on any atom is -0.444 e. The number of rotatable bonds is 4. The van der Waals surface area contributed by atoms with Crippen LogP contribution in [0, 0.1) is 0 Å². The van der Waals surface area contributed by atoms with Crippen molar-refractivity contribution in [2.24, 2.45) is 10.8 Å². The van der Waals surface area contributed by atoms with Gasteiger partial charge in [-0.2, -0.15) is 5.10 Å². The first kappa shape index (κ1) is 16.7. The number of nitrogens with zero attached hydrogens (tertiary/aromatic N) is 3. The predicted molar refractivity (Wildman–Crippen MR) is 73.4 cm³/mol. The molecule has 0 aromatic rings. The molecule has 0 aliphatic rings. The molecule has 1 amide bonds. The summed E-state index contributed by atoms with van der Waals surface area (Å²) in [6, 6.07) is 0. The third-order valence-corrected chi connectivity index (χ3v) is 2.09. The highest BCUT2D eigenvalue weighted by atomic mass is 16.6. The van der Waals surface area contributed by atoms with Crippen molar-refractivity contribution in [3.8, 4) is 0 Å². The van der Waals surface area contributed by atoms with Crippen LogP contribution in [0.15, 0.2) is 5.10 Å². The molecule has 0 saturated carbocycles. The number of ether oxygens (including phenoxy) is 1. The van der Waals surface area contributed by atoms with E-state index in [4.69, 9.17) is 10.5 Å². The van der Waals surface area contributed by atoms with E-state index in [2.05, 4.69) is 5.10 Å². The van der Waals surface area contributed by atoms with Gasteiger partial charge in [0.15, 0.2) is 0 Å². The maximum atomic E-state index is 11.7. The van der Waals surface area contributed by atoms with Crippen molar-refractivity contribution in [2.75, 3.05) is 20.6 Å². The highest BCUT2D eigenvalue weighted by molar-refractivity contribution is 5.86. The number of hydrogen-bond donors (Lipinski definition) is 1. The Kier molecular flexibility index (Phi) is 6.11. The van der Waals surface area contributed by atoms with Crippen LogP contribution < -0.4 is 5.73 Å². The lowest BCUT2D eigenvalue weighted by atomic mass is 10.2. The van der Waals surface area contributed by atoms with Crippen LogP contribution in [-0.2, 0) is 4.74 Å². The van der Waals surface area contributed by atoms with Gasteiger partial charge in [-0.1, -0.05) is 0 Å². The van der Waals surface area contributed by atoms with Crippen LogP contribution in [0.1, 0.15) is 34.6 Å². The molecule has 0 spiro atoms. The molecular formula is C12H26N4O2. The lowest BCUT2D eigenvalue weighted by Crippen LogP contribution is -2.38. The van der Waals surface area contributed by atoms with Gasteiger partial charge in [0.25, 0.3) is 0 Å². The second kappa shape index (κ2) is 6.58. The monoisotopic (exact) mass is 258 g/mol. The quantitative estimate of drug-likeness (QED) is 0.471. The van der Waals surface area contributed by atoms with Crippen LogP contribution in [0.2, 0.25) is 0 Å². The zero-order chi connectivity index (χ0) is 14.5. The van der Waals surface area contributed by atoms with Gasteiger partial charge < -0.3 is 15.4 Å². The number of carbonyl (C=O) groups excluding carboxylic acids is 1. The van der Waals surface area contributed by atoms with Gasteiger partial charge >= 0.3 is 6.09 Å². The third-order valence-electron chi connectivity index (χ3n) is 2.09. The summed E-state index contributed by atoms with van der Waals surface area (Å²) < 4.78 is 5.25. The van der Waals surface area contributed by atoms with E-state index in [0.29, 0.717) is 6.54 Å². The molecule has 0 heterocycles. The lowest BCUT2D eigenvalue weighted by molar-refractivity contribution is 0.0323. The number of nitrogens with two attached hydrogens (primary N) is 1. The molecule has 6 heteroatoms. The minimum absolute atomic E-state index is 0.160. The Bertz CT molecular complexity index is 308. The maximum absolute atomic E-state index is 11.7. The molecule has 1 unspecified atom stereocenters. The van der Waals surface area contributed by atoms with Crippen molar-refractivity contribution >= 4 is 11.8 Å². The molecule has 0 aromatic heterocycles. The first-order valence-corrected chi connectivity index (χ1v) is 5.99. The molecule has 0 aliphatic heterocycles. The molecule has 0 saturated heterocycles. The van der Waals surface area contributed by atoms with Crippen LogP contribution in [-0.4, -0.2) is 54.1 Å². The van der Waals surface area contributed by atoms with Crippen molar-refractivity contribution in [3.05, 3.63) is 0 Å². The first-order chi connectivity index (χ1) is 8.03. The van der Waals surface area contributed by atoms with Gasteiger partial charge in [0.1, 0.15) is 5.60 Å². The second-order valence-electron chi connectivity index (χ2n) is 5.49. The Morgan fingerprint density at radius 2 is 1.89 bits per heavy atom. The topological polar surface area (TPSA) is 71.2 Å². The van der Waals surface area contributed by atoms with Gasteiger partial charge in [-0.25, -0.2) is 4.79 Å². The van der Waals surface area contributed by atoms with Gasteiger partial charge in [0.05, 0.1) is 18.4 Å². The van der Waals surface area contributed by atoms with Crippen LogP contribution in [0.25, 0.3) is 0 Å². The summed E-state index contributed by atoms with van der Waals surface area (Å²) in [5.74, 6) is 0.